The van der Waals surface area contributed by atoms with Crippen LogP contribution in [0.25, 0.3) is 0 Å². The highest BCUT2D eigenvalue weighted by atomic mass is 79.9. The van der Waals surface area contributed by atoms with E-state index >= 15 is 0 Å². The molecule has 1 atom stereocenters. The van der Waals surface area contributed by atoms with Crippen LogP contribution in [0.5, 0.6) is 5.75 Å². The van der Waals surface area contributed by atoms with Crippen LogP contribution in [-0.4, -0.2) is 48.8 Å². The van der Waals surface area contributed by atoms with Crippen molar-refractivity contribution in [2.75, 3.05) is 26.4 Å². The fourth-order valence-electron chi connectivity index (χ4n) is 3.95. The molecular formula is C28H29BrClN3O4. The molecule has 0 saturated heterocycles. The van der Waals surface area contributed by atoms with Gasteiger partial charge in [-0.25, -0.2) is 10.4 Å². The van der Waals surface area contributed by atoms with Gasteiger partial charge in [0.2, 0.25) is 5.90 Å². The second kappa shape index (κ2) is 13.1. The van der Waals surface area contributed by atoms with Crippen LogP contribution in [0.4, 0.5) is 0 Å². The van der Waals surface area contributed by atoms with Crippen molar-refractivity contribution < 1.29 is 19.4 Å². The second-order valence-electron chi connectivity index (χ2n) is 8.72. The molecule has 0 unspecified atom stereocenters. The molecule has 0 fully saturated rings. The van der Waals surface area contributed by atoms with E-state index in [1.54, 1.807) is 0 Å². The summed E-state index contributed by atoms with van der Waals surface area (Å²) in [5.74, 6) is 0.827. The monoisotopic (exact) mass is 585 g/mol. The highest BCUT2D eigenvalue weighted by molar-refractivity contribution is 9.10. The number of aliphatic imine (C=N–C) groups is 1. The Morgan fingerprint density at radius 1 is 1.14 bits per heavy atom. The van der Waals surface area contributed by atoms with Crippen molar-refractivity contribution in [3.8, 4) is 5.75 Å². The number of rotatable bonds is 12. The summed E-state index contributed by atoms with van der Waals surface area (Å²) in [5.41, 5.74) is 7.51. The molecule has 0 saturated carbocycles. The number of hydrogen-bond donors (Lipinski definition) is 3. The van der Waals surface area contributed by atoms with Crippen molar-refractivity contribution in [1.29, 1.82) is 0 Å². The number of carbonyl (C=O) groups is 1. The number of carbonyl (C=O) groups excluding carboxylic acids is 1. The molecule has 1 amide bonds. The smallest absolute Gasteiger partial charge is 0.266 e. The minimum Gasteiger partial charge on any atom is -0.494 e. The van der Waals surface area contributed by atoms with Gasteiger partial charge < -0.3 is 14.6 Å². The number of nitrogens with one attached hydrogen (secondary N) is 2. The zero-order chi connectivity index (χ0) is 26.1. The third-order valence-electron chi connectivity index (χ3n) is 5.93. The molecule has 0 spiro atoms. The fraction of sp³-hybridized carbons (Fsp3) is 0.286. The van der Waals surface area contributed by atoms with Crippen molar-refractivity contribution in [2.24, 2.45) is 4.99 Å². The topological polar surface area (TPSA) is 92.2 Å². The predicted molar refractivity (Wildman–Crippen MR) is 148 cm³/mol. The quantitative estimate of drug-likeness (QED) is 0.215. The Kier molecular flexibility index (Phi) is 9.57. The summed E-state index contributed by atoms with van der Waals surface area (Å²) in [6, 6.07) is 22.8. The first-order valence-electron chi connectivity index (χ1n) is 12.1. The predicted octanol–water partition coefficient (Wildman–Crippen LogP) is 4.49. The average Bonchev–Trinajstić information content (AvgIpc) is 3.34. The molecule has 9 heteroatoms. The lowest BCUT2D eigenvalue weighted by atomic mass is 9.91. The van der Waals surface area contributed by atoms with Gasteiger partial charge in [0.15, 0.2) is 5.54 Å². The number of aliphatic hydroxyl groups excluding tert-OH is 1. The Bertz CT molecular complexity index is 1240. The van der Waals surface area contributed by atoms with Crippen LogP contribution in [-0.2, 0) is 22.4 Å². The third-order valence-corrected chi connectivity index (χ3v) is 6.94. The molecule has 3 aromatic carbocycles. The molecule has 0 aliphatic carbocycles. The first-order chi connectivity index (χ1) is 18.0. The first kappa shape index (κ1) is 27.1. The minimum absolute atomic E-state index is 0.0832. The van der Waals surface area contributed by atoms with E-state index in [0.29, 0.717) is 49.1 Å². The van der Waals surface area contributed by atoms with Gasteiger partial charge in [-0.2, -0.15) is 0 Å². The van der Waals surface area contributed by atoms with Crippen molar-refractivity contribution >= 4 is 39.3 Å². The molecule has 1 heterocycles. The zero-order valence-corrected chi connectivity index (χ0v) is 22.6. The lowest BCUT2D eigenvalue weighted by molar-refractivity contribution is -0.127. The number of ether oxygens (including phenoxy) is 2. The van der Waals surface area contributed by atoms with Gasteiger partial charge in [0.1, 0.15) is 12.4 Å². The molecule has 1 aliphatic heterocycles. The summed E-state index contributed by atoms with van der Waals surface area (Å²) in [7, 11) is 0. The van der Waals surface area contributed by atoms with E-state index in [-0.39, 0.29) is 19.1 Å². The van der Waals surface area contributed by atoms with E-state index in [4.69, 9.17) is 31.2 Å². The van der Waals surface area contributed by atoms with Gasteiger partial charge in [-0.15, -0.1) is 0 Å². The maximum atomic E-state index is 13.5. The molecule has 0 radical (unpaired) electrons. The number of benzene rings is 3. The van der Waals surface area contributed by atoms with Crippen LogP contribution in [0.2, 0.25) is 5.02 Å². The number of amides is 1. The molecule has 194 valence electrons. The van der Waals surface area contributed by atoms with Crippen molar-refractivity contribution in [2.45, 2.75) is 24.8 Å². The van der Waals surface area contributed by atoms with E-state index in [0.717, 1.165) is 21.2 Å². The molecule has 7 nitrogen and oxygen atoms in total. The molecule has 3 aromatic rings. The number of aliphatic hydroxyl groups is 1. The third kappa shape index (κ3) is 7.32. The van der Waals surface area contributed by atoms with Gasteiger partial charge in [-0.05, 0) is 60.0 Å². The highest BCUT2D eigenvalue weighted by Crippen LogP contribution is 2.30. The SMILES string of the molecule is O=C(NNCCc1cccc(Cl)c1)[C@]1(Cc2ccccc2Br)COC(c2ccc(OCCCO)cc2)=N1. The van der Waals surface area contributed by atoms with Gasteiger partial charge in [-0.1, -0.05) is 57.9 Å². The molecule has 4 rings (SSSR count). The first-order valence-corrected chi connectivity index (χ1v) is 13.2. The summed E-state index contributed by atoms with van der Waals surface area (Å²) in [5, 5.41) is 9.61. The maximum absolute atomic E-state index is 13.5. The van der Waals surface area contributed by atoms with Crippen LogP contribution < -0.4 is 15.6 Å². The Labute approximate surface area is 230 Å². The lowest BCUT2D eigenvalue weighted by Gasteiger charge is -2.24. The molecule has 0 bridgehead atoms. The molecular weight excluding hydrogens is 558 g/mol. The van der Waals surface area contributed by atoms with Gasteiger partial charge in [0, 0.05) is 41.1 Å². The Balaban J connectivity index is 1.48. The van der Waals surface area contributed by atoms with Gasteiger partial charge >= 0.3 is 0 Å². The Morgan fingerprint density at radius 3 is 2.70 bits per heavy atom. The van der Waals surface area contributed by atoms with E-state index < -0.39 is 5.54 Å². The summed E-state index contributed by atoms with van der Waals surface area (Å²) >= 11 is 9.65. The summed E-state index contributed by atoms with van der Waals surface area (Å²) in [4.78, 5) is 18.3. The number of halogens is 2. The van der Waals surface area contributed by atoms with Crippen LogP contribution in [0, 0.1) is 0 Å². The van der Waals surface area contributed by atoms with E-state index in [9.17, 15) is 4.79 Å². The number of hydrogen-bond acceptors (Lipinski definition) is 6. The van der Waals surface area contributed by atoms with Crippen LogP contribution >= 0.6 is 27.5 Å². The zero-order valence-electron chi connectivity index (χ0n) is 20.3. The normalized spacial score (nSPS) is 16.7. The summed E-state index contributed by atoms with van der Waals surface area (Å²) in [6.45, 7) is 1.17. The highest BCUT2D eigenvalue weighted by Gasteiger charge is 2.45. The van der Waals surface area contributed by atoms with E-state index in [1.807, 2.05) is 72.8 Å². The van der Waals surface area contributed by atoms with Crippen molar-refractivity contribution in [3.05, 3.63) is 99.0 Å². The van der Waals surface area contributed by atoms with Gasteiger partial charge in [-0.3, -0.25) is 10.2 Å². The van der Waals surface area contributed by atoms with Gasteiger partial charge in [0.25, 0.3) is 5.91 Å². The van der Waals surface area contributed by atoms with E-state index in [2.05, 4.69) is 26.8 Å². The standard InChI is InChI=1S/C28H29BrClN3O4/c29-25-8-2-1-6-22(25)18-28(27(35)33-31-14-13-20-5-3-7-23(30)17-20)19-37-26(32-28)21-9-11-24(12-10-21)36-16-4-15-34/h1-3,5-12,17,31,34H,4,13-16,18-19H2,(H,33,35)/t28-/m0/s1. The van der Waals surface area contributed by atoms with Crippen molar-refractivity contribution in [1.82, 2.24) is 10.9 Å². The molecule has 37 heavy (non-hydrogen) atoms. The molecule has 1 aliphatic rings. The van der Waals surface area contributed by atoms with Crippen molar-refractivity contribution in [3.63, 3.8) is 0 Å². The molecule has 0 aromatic heterocycles. The largest absolute Gasteiger partial charge is 0.494 e. The fourth-order valence-corrected chi connectivity index (χ4v) is 4.58. The molecule has 3 N–H and O–H groups in total. The lowest BCUT2D eigenvalue weighted by Crippen LogP contribution is -2.53. The van der Waals surface area contributed by atoms with Crippen LogP contribution in [0.1, 0.15) is 23.1 Å². The summed E-state index contributed by atoms with van der Waals surface area (Å²) in [6.07, 6.45) is 1.63. The van der Waals surface area contributed by atoms with Crippen LogP contribution in [0.15, 0.2) is 82.3 Å². The minimum atomic E-state index is -1.14. The van der Waals surface area contributed by atoms with Gasteiger partial charge in [0.05, 0.1) is 6.61 Å². The van der Waals surface area contributed by atoms with E-state index in [1.165, 1.54) is 0 Å². The number of nitrogens with zero attached hydrogens (tertiary/aromatic N) is 1. The Morgan fingerprint density at radius 2 is 1.95 bits per heavy atom. The second-order valence-corrected chi connectivity index (χ2v) is 10.0. The van der Waals surface area contributed by atoms with Crippen LogP contribution in [0.3, 0.4) is 0 Å². The Hall–Kier alpha value is -2.91. The summed E-state index contributed by atoms with van der Waals surface area (Å²) < 4.78 is 12.5. The average molecular weight is 587 g/mol. The number of hydrazine groups is 1. The maximum Gasteiger partial charge on any atom is 0.266 e.